The van der Waals surface area contributed by atoms with Crippen molar-refractivity contribution in [3.8, 4) is 0 Å². The molecule has 2 fully saturated rings. The summed E-state index contributed by atoms with van der Waals surface area (Å²) in [6, 6.07) is 0.207. The van der Waals surface area contributed by atoms with Gasteiger partial charge in [0.2, 0.25) is 0 Å². The van der Waals surface area contributed by atoms with E-state index in [1.807, 2.05) is 20.8 Å². The van der Waals surface area contributed by atoms with Gasteiger partial charge in [0.1, 0.15) is 5.60 Å². The van der Waals surface area contributed by atoms with E-state index < -0.39 is 5.60 Å². The van der Waals surface area contributed by atoms with Gasteiger partial charge in [-0.3, -0.25) is 0 Å². The van der Waals surface area contributed by atoms with E-state index in [0.717, 1.165) is 38.5 Å². The molecule has 1 amide bonds. The standard InChI is InChI=1S/C14H25NO3/c1-13(2,3)18-12(16)15-11-6-4-10(5-7-11)14(17)8-9-14/h10-11,17H,4-9H2,1-3H3,(H,15,16). The number of nitrogens with one attached hydrogen (secondary N) is 1. The summed E-state index contributed by atoms with van der Waals surface area (Å²) in [5.74, 6) is 0.439. The Morgan fingerprint density at radius 3 is 2.22 bits per heavy atom. The number of aliphatic hydroxyl groups is 1. The third kappa shape index (κ3) is 3.61. The molecule has 0 saturated heterocycles. The topological polar surface area (TPSA) is 58.6 Å². The summed E-state index contributed by atoms with van der Waals surface area (Å²) < 4.78 is 5.25. The summed E-state index contributed by atoms with van der Waals surface area (Å²) in [6.07, 6.45) is 5.52. The number of hydrogen-bond acceptors (Lipinski definition) is 3. The van der Waals surface area contributed by atoms with Crippen molar-refractivity contribution in [3.05, 3.63) is 0 Å². The molecule has 0 aromatic heterocycles. The lowest BCUT2D eigenvalue weighted by Gasteiger charge is -2.32. The van der Waals surface area contributed by atoms with Crippen molar-refractivity contribution in [2.45, 2.75) is 76.5 Å². The lowest BCUT2D eigenvalue weighted by molar-refractivity contribution is 0.0403. The summed E-state index contributed by atoms with van der Waals surface area (Å²) >= 11 is 0. The van der Waals surface area contributed by atoms with Gasteiger partial charge in [-0.15, -0.1) is 0 Å². The van der Waals surface area contributed by atoms with Gasteiger partial charge >= 0.3 is 6.09 Å². The highest BCUT2D eigenvalue weighted by atomic mass is 16.6. The van der Waals surface area contributed by atoms with Crippen LogP contribution >= 0.6 is 0 Å². The van der Waals surface area contributed by atoms with E-state index in [2.05, 4.69) is 5.32 Å². The summed E-state index contributed by atoms with van der Waals surface area (Å²) in [4.78, 5) is 11.6. The normalized spacial score (nSPS) is 30.7. The molecule has 18 heavy (non-hydrogen) atoms. The van der Waals surface area contributed by atoms with Crippen molar-refractivity contribution in [3.63, 3.8) is 0 Å². The maximum Gasteiger partial charge on any atom is 0.407 e. The summed E-state index contributed by atoms with van der Waals surface area (Å²) in [6.45, 7) is 5.60. The first-order valence-electron chi connectivity index (χ1n) is 7.00. The molecule has 0 bridgehead atoms. The average Bonchev–Trinajstić information content (AvgIpc) is 2.95. The molecule has 0 heterocycles. The Morgan fingerprint density at radius 1 is 1.22 bits per heavy atom. The van der Waals surface area contributed by atoms with Crippen LogP contribution < -0.4 is 5.32 Å². The van der Waals surface area contributed by atoms with Crippen molar-refractivity contribution in [2.75, 3.05) is 0 Å². The van der Waals surface area contributed by atoms with Crippen LogP contribution in [0.3, 0.4) is 0 Å². The van der Waals surface area contributed by atoms with E-state index >= 15 is 0 Å². The molecule has 2 rings (SSSR count). The molecule has 0 unspecified atom stereocenters. The van der Waals surface area contributed by atoms with Crippen molar-refractivity contribution in [1.29, 1.82) is 0 Å². The fourth-order valence-electron chi connectivity index (χ4n) is 2.79. The van der Waals surface area contributed by atoms with Crippen LogP contribution in [0.25, 0.3) is 0 Å². The number of alkyl carbamates (subject to hydrolysis) is 1. The Labute approximate surface area is 109 Å². The molecular formula is C14H25NO3. The second-order valence-electron chi connectivity index (χ2n) is 6.80. The third-order valence-electron chi connectivity index (χ3n) is 3.97. The van der Waals surface area contributed by atoms with Crippen LogP contribution in [0.4, 0.5) is 4.79 Å². The first kappa shape index (κ1) is 13.7. The van der Waals surface area contributed by atoms with Crippen LogP contribution in [0.1, 0.15) is 59.3 Å². The molecule has 2 saturated carbocycles. The van der Waals surface area contributed by atoms with E-state index in [4.69, 9.17) is 4.74 Å². The Hall–Kier alpha value is -0.770. The quantitative estimate of drug-likeness (QED) is 0.797. The third-order valence-corrected chi connectivity index (χ3v) is 3.97. The molecule has 0 aromatic rings. The Balaban J connectivity index is 1.72. The number of carbonyl (C=O) groups is 1. The van der Waals surface area contributed by atoms with Crippen LogP contribution in [0, 0.1) is 5.92 Å². The molecule has 104 valence electrons. The first-order chi connectivity index (χ1) is 8.28. The number of rotatable bonds is 2. The van der Waals surface area contributed by atoms with Gasteiger partial charge < -0.3 is 15.2 Å². The Bertz CT molecular complexity index is 309. The molecule has 0 spiro atoms. The molecular weight excluding hydrogens is 230 g/mol. The predicted octanol–water partition coefficient (Wildman–Crippen LogP) is 2.59. The van der Waals surface area contributed by atoms with Gasteiger partial charge in [0, 0.05) is 6.04 Å². The fraction of sp³-hybridized carbons (Fsp3) is 0.929. The highest BCUT2D eigenvalue weighted by Gasteiger charge is 2.48. The molecule has 2 aliphatic rings. The van der Waals surface area contributed by atoms with Crippen LogP contribution in [-0.2, 0) is 4.74 Å². The van der Waals surface area contributed by atoms with Crippen molar-refractivity contribution in [1.82, 2.24) is 5.32 Å². The van der Waals surface area contributed by atoms with Crippen LogP contribution in [0.15, 0.2) is 0 Å². The number of ether oxygens (including phenoxy) is 1. The monoisotopic (exact) mass is 255 g/mol. The number of hydrogen-bond donors (Lipinski definition) is 2. The highest BCUT2D eigenvalue weighted by Crippen LogP contribution is 2.47. The van der Waals surface area contributed by atoms with E-state index in [1.54, 1.807) is 0 Å². The van der Waals surface area contributed by atoms with E-state index in [1.165, 1.54) is 0 Å². The maximum atomic E-state index is 11.6. The minimum Gasteiger partial charge on any atom is -0.444 e. The summed E-state index contributed by atoms with van der Waals surface area (Å²) in [5, 5.41) is 13.0. The Morgan fingerprint density at radius 2 is 1.78 bits per heavy atom. The van der Waals surface area contributed by atoms with Crippen molar-refractivity contribution >= 4 is 6.09 Å². The molecule has 0 aliphatic heterocycles. The van der Waals surface area contributed by atoms with E-state index in [9.17, 15) is 9.90 Å². The first-order valence-corrected chi connectivity index (χ1v) is 7.00. The molecule has 2 N–H and O–H groups in total. The average molecular weight is 255 g/mol. The lowest BCUT2D eigenvalue weighted by Crippen LogP contribution is -2.42. The second kappa shape index (κ2) is 4.72. The highest BCUT2D eigenvalue weighted by molar-refractivity contribution is 5.68. The molecule has 0 radical (unpaired) electrons. The predicted molar refractivity (Wildman–Crippen MR) is 69.3 cm³/mol. The molecule has 0 aromatic carbocycles. The van der Waals surface area contributed by atoms with E-state index in [-0.39, 0.29) is 17.7 Å². The van der Waals surface area contributed by atoms with Crippen LogP contribution in [0.5, 0.6) is 0 Å². The molecule has 4 heteroatoms. The minimum atomic E-state index is -0.440. The lowest BCUT2D eigenvalue weighted by atomic mass is 9.81. The van der Waals surface area contributed by atoms with Crippen molar-refractivity contribution < 1.29 is 14.6 Å². The van der Waals surface area contributed by atoms with Gasteiger partial charge in [0.05, 0.1) is 5.60 Å². The van der Waals surface area contributed by atoms with Gasteiger partial charge in [0.25, 0.3) is 0 Å². The maximum absolute atomic E-state index is 11.6. The SMILES string of the molecule is CC(C)(C)OC(=O)NC1CCC(C2(O)CC2)CC1. The number of carbonyl (C=O) groups excluding carboxylic acids is 1. The van der Waals surface area contributed by atoms with Gasteiger partial charge in [-0.25, -0.2) is 4.79 Å². The van der Waals surface area contributed by atoms with Gasteiger partial charge in [-0.05, 0) is 65.2 Å². The zero-order chi connectivity index (χ0) is 13.4. The zero-order valence-corrected chi connectivity index (χ0v) is 11.7. The van der Waals surface area contributed by atoms with Gasteiger partial charge in [0.15, 0.2) is 0 Å². The Kier molecular flexibility index (Phi) is 3.58. The summed E-state index contributed by atoms with van der Waals surface area (Å²) in [7, 11) is 0. The fourth-order valence-corrected chi connectivity index (χ4v) is 2.79. The molecule has 0 atom stereocenters. The minimum absolute atomic E-state index is 0.207. The smallest absolute Gasteiger partial charge is 0.407 e. The summed E-state index contributed by atoms with van der Waals surface area (Å²) in [5.41, 5.74) is -0.804. The van der Waals surface area contributed by atoms with Crippen LogP contribution in [-0.4, -0.2) is 28.4 Å². The van der Waals surface area contributed by atoms with Crippen LogP contribution in [0.2, 0.25) is 0 Å². The van der Waals surface area contributed by atoms with Gasteiger partial charge in [-0.2, -0.15) is 0 Å². The largest absolute Gasteiger partial charge is 0.444 e. The van der Waals surface area contributed by atoms with Crippen molar-refractivity contribution in [2.24, 2.45) is 5.92 Å². The van der Waals surface area contributed by atoms with Gasteiger partial charge in [-0.1, -0.05) is 0 Å². The number of amides is 1. The van der Waals surface area contributed by atoms with E-state index in [0.29, 0.717) is 5.92 Å². The second-order valence-corrected chi connectivity index (χ2v) is 6.80. The molecule has 4 nitrogen and oxygen atoms in total. The molecule has 2 aliphatic carbocycles. The zero-order valence-electron chi connectivity index (χ0n) is 11.7.